The van der Waals surface area contributed by atoms with Crippen molar-refractivity contribution in [3.05, 3.63) is 29.8 Å². The van der Waals surface area contributed by atoms with E-state index in [9.17, 15) is 9.59 Å². The summed E-state index contributed by atoms with van der Waals surface area (Å²) in [5.74, 6) is -0.251. The zero-order valence-corrected chi connectivity index (χ0v) is 12.0. The number of benzene rings is 1. The van der Waals surface area contributed by atoms with E-state index < -0.39 is 0 Å². The summed E-state index contributed by atoms with van der Waals surface area (Å²) >= 11 is 0. The third kappa shape index (κ3) is 5.12. The summed E-state index contributed by atoms with van der Waals surface area (Å²) in [5.41, 5.74) is 0.738. The molecule has 4 nitrogen and oxygen atoms in total. The lowest BCUT2D eigenvalue weighted by atomic mass is 10.1. The van der Waals surface area contributed by atoms with Gasteiger partial charge in [0.15, 0.2) is 0 Å². The minimum atomic E-state index is -0.308. The van der Waals surface area contributed by atoms with E-state index in [0.717, 1.165) is 6.42 Å². The third-order valence-electron chi connectivity index (χ3n) is 2.41. The van der Waals surface area contributed by atoms with Gasteiger partial charge in [0, 0.05) is 12.0 Å². The molecule has 0 unspecified atom stereocenters. The standard InChI is InChI=1S/C15H22N2O2/c1-5-8-13(18)16-12-10-7-6-9-11(12)14(19)17-15(2,3)4/h6-7,9-10H,5,8H2,1-4H3,(H,16,18)(H,17,19). The number of rotatable bonds is 4. The van der Waals surface area contributed by atoms with Crippen molar-refractivity contribution in [1.29, 1.82) is 0 Å². The maximum Gasteiger partial charge on any atom is 0.253 e. The summed E-state index contributed by atoms with van der Waals surface area (Å²) in [4.78, 5) is 23.8. The van der Waals surface area contributed by atoms with Crippen LogP contribution in [0.3, 0.4) is 0 Å². The second kappa shape index (κ2) is 6.36. The summed E-state index contributed by atoms with van der Waals surface area (Å²) in [6.07, 6.45) is 1.23. The van der Waals surface area contributed by atoms with E-state index in [1.807, 2.05) is 27.7 Å². The predicted octanol–water partition coefficient (Wildman–Crippen LogP) is 2.95. The molecule has 104 valence electrons. The molecular formula is C15H22N2O2. The number of hydrogen-bond donors (Lipinski definition) is 2. The number of carbonyl (C=O) groups is 2. The molecule has 0 atom stereocenters. The molecule has 0 aromatic heterocycles. The van der Waals surface area contributed by atoms with Gasteiger partial charge in [-0.2, -0.15) is 0 Å². The van der Waals surface area contributed by atoms with Crippen LogP contribution in [0.1, 0.15) is 50.9 Å². The van der Waals surface area contributed by atoms with Gasteiger partial charge in [0.05, 0.1) is 11.3 Å². The van der Waals surface area contributed by atoms with Gasteiger partial charge in [-0.15, -0.1) is 0 Å². The lowest BCUT2D eigenvalue weighted by molar-refractivity contribution is -0.116. The first-order valence-electron chi connectivity index (χ1n) is 6.55. The Kier molecular flexibility index (Phi) is 5.10. The smallest absolute Gasteiger partial charge is 0.253 e. The minimum Gasteiger partial charge on any atom is -0.347 e. The van der Waals surface area contributed by atoms with Gasteiger partial charge in [-0.3, -0.25) is 9.59 Å². The van der Waals surface area contributed by atoms with Crippen LogP contribution < -0.4 is 10.6 Å². The topological polar surface area (TPSA) is 58.2 Å². The van der Waals surface area contributed by atoms with E-state index in [4.69, 9.17) is 0 Å². The molecule has 0 aliphatic rings. The maximum atomic E-state index is 12.2. The molecule has 0 aliphatic heterocycles. The highest BCUT2D eigenvalue weighted by Crippen LogP contribution is 2.16. The SMILES string of the molecule is CCCC(=O)Nc1ccccc1C(=O)NC(C)(C)C. The van der Waals surface area contributed by atoms with Crippen LogP contribution in [0.4, 0.5) is 5.69 Å². The lowest BCUT2D eigenvalue weighted by Gasteiger charge is -2.21. The summed E-state index contributed by atoms with van der Waals surface area (Å²) in [6, 6.07) is 7.04. The molecular weight excluding hydrogens is 240 g/mol. The van der Waals surface area contributed by atoms with E-state index in [2.05, 4.69) is 10.6 Å². The van der Waals surface area contributed by atoms with E-state index in [-0.39, 0.29) is 17.4 Å². The van der Waals surface area contributed by atoms with E-state index in [0.29, 0.717) is 17.7 Å². The van der Waals surface area contributed by atoms with E-state index >= 15 is 0 Å². The van der Waals surface area contributed by atoms with Crippen LogP contribution in [0.5, 0.6) is 0 Å². The Morgan fingerprint density at radius 2 is 1.79 bits per heavy atom. The average molecular weight is 262 g/mol. The highest BCUT2D eigenvalue weighted by atomic mass is 16.2. The Morgan fingerprint density at radius 1 is 1.16 bits per heavy atom. The normalized spacial score (nSPS) is 10.9. The number of anilines is 1. The van der Waals surface area contributed by atoms with Crippen LogP contribution in [-0.2, 0) is 4.79 Å². The van der Waals surface area contributed by atoms with Gasteiger partial charge in [-0.25, -0.2) is 0 Å². The summed E-state index contributed by atoms with van der Waals surface area (Å²) < 4.78 is 0. The van der Waals surface area contributed by atoms with Gasteiger partial charge in [-0.05, 0) is 39.3 Å². The zero-order valence-electron chi connectivity index (χ0n) is 12.0. The van der Waals surface area contributed by atoms with E-state index in [1.54, 1.807) is 24.3 Å². The Hall–Kier alpha value is -1.84. The van der Waals surface area contributed by atoms with Crippen LogP contribution in [0, 0.1) is 0 Å². The highest BCUT2D eigenvalue weighted by molar-refractivity contribution is 6.03. The molecule has 1 rings (SSSR count). The second-order valence-electron chi connectivity index (χ2n) is 5.55. The largest absolute Gasteiger partial charge is 0.347 e. The number of carbonyl (C=O) groups excluding carboxylic acids is 2. The Labute approximate surface area is 114 Å². The molecule has 0 spiro atoms. The average Bonchev–Trinajstić information content (AvgIpc) is 2.27. The van der Waals surface area contributed by atoms with Crippen molar-refractivity contribution in [1.82, 2.24) is 5.32 Å². The van der Waals surface area contributed by atoms with Crippen molar-refractivity contribution in [3.63, 3.8) is 0 Å². The van der Waals surface area contributed by atoms with Gasteiger partial charge < -0.3 is 10.6 Å². The molecule has 0 aliphatic carbocycles. The van der Waals surface area contributed by atoms with Crippen molar-refractivity contribution >= 4 is 17.5 Å². The highest BCUT2D eigenvalue weighted by Gasteiger charge is 2.18. The molecule has 0 saturated heterocycles. The minimum absolute atomic E-state index is 0.0708. The van der Waals surface area contributed by atoms with Crippen molar-refractivity contribution in [2.24, 2.45) is 0 Å². The first-order valence-corrected chi connectivity index (χ1v) is 6.55. The molecule has 0 saturated carbocycles. The van der Waals surface area contributed by atoms with Crippen LogP contribution in [0.2, 0.25) is 0 Å². The van der Waals surface area contributed by atoms with Crippen molar-refractivity contribution in [2.75, 3.05) is 5.32 Å². The monoisotopic (exact) mass is 262 g/mol. The third-order valence-corrected chi connectivity index (χ3v) is 2.41. The molecule has 4 heteroatoms. The molecule has 1 aromatic carbocycles. The molecule has 0 bridgehead atoms. The molecule has 2 N–H and O–H groups in total. The second-order valence-corrected chi connectivity index (χ2v) is 5.55. The molecule has 1 aromatic rings. The summed E-state index contributed by atoms with van der Waals surface area (Å²) in [6.45, 7) is 7.70. The first-order chi connectivity index (χ1) is 8.83. The fourth-order valence-corrected chi connectivity index (χ4v) is 1.64. The Morgan fingerprint density at radius 3 is 2.37 bits per heavy atom. The van der Waals surface area contributed by atoms with Gasteiger partial charge in [-0.1, -0.05) is 19.1 Å². The van der Waals surface area contributed by atoms with Gasteiger partial charge in [0.25, 0.3) is 5.91 Å². The molecule has 2 amide bonds. The number of hydrogen-bond acceptors (Lipinski definition) is 2. The van der Waals surface area contributed by atoms with Crippen molar-refractivity contribution in [3.8, 4) is 0 Å². The number of nitrogens with one attached hydrogen (secondary N) is 2. The van der Waals surface area contributed by atoms with Gasteiger partial charge >= 0.3 is 0 Å². The van der Waals surface area contributed by atoms with Crippen molar-refractivity contribution in [2.45, 2.75) is 46.1 Å². The van der Waals surface area contributed by atoms with Crippen molar-refractivity contribution < 1.29 is 9.59 Å². The maximum absolute atomic E-state index is 12.2. The lowest BCUT2D eigenvalue weighted by Crippen LogP contribution is -2.40. The van der Waals surface area contributed by atoms with Crippen LogP contribution >= 0.6 is 0 Å². The van der Waals surface area contributed by atoms with Crippen LogP contribution in [-0.4, -0.2) is 17.4 Å². The predicted molar refractivity (Wildman–Crippen MR) is 77.2 cm³/mol. The number of amides is 2. The zero-order chi connectivity index (χ0) is 14.5. The summed E-state index contributed by atoms with van der Waals surface area (Å²) in [7, 11) is 0. The van der Waals surface area contributed by atoms with Gasteiger partial charge in [0.2, 0.25) is 5.91 Å². The van der Waals surface area contributed by atoms with Gasteiger partial charge in [0.1, 0.15) is 0 Å². The van der Waals surface area contributed by atoms with E-state index in [1.165, 1.54) is 0 Å². The molecule has 0 fully saturated rings. The Balaban J connectivity index is 2.89. The number of para-hydroxylation sites is 1. The first kappa shape index (κ1) is 15.2. The molecule has 19 heavy (non-hydrogen) atoms. The fourth-order valence-electron chi connectivity index (χ4n) is 1.64. The summed E-state index contributed by atoms with van der Waals surface area (Å²) in [5, 5.41) is 5.67. The quantitative estimate of drug-likeness (QED) is 0.876. The Bertz CT molecular complexity index is 461. The molecule has 0 heterocycles. The van der Waals surface area contributed by atoms with Crippen LogP contribution in [0.15, 0.2) is 24.3 Å². The fraction of sp³-hybridized carbons (Fsp3) is 0.467. The van der Waals surface area contributed by atoms with Crippen LogP contribution in [0.25, 0.3) is 0 Å². The molecule has 0 radical (unpaired) electrons.